The van der Waals surface area contributed by atoms with E-state index in [1.165, 1.54) is 0 Å². The molecule has 0 aliphatic carbocycles. The van der Waals surface area contributed by atoms with Crippen molar-refractivity contribution in [1.29, 1.82) is 0 Å². The summed E-state index contributed by atoms with van der Waals surface area (Å²) in [6, 6.07) is 3.66. The third-order valence-corrected chi connectivity index (χ3v) is 4.14. The molecule has 1 atom stereocenters. The van der Waals surface area contributed by atoms with Crippen LogP contribution in [0.4, 0.5) is 0 Å². The topological polar surface area (TPSA) is 44.3 Å². The molecule has 1 unspecified atom stereocenters. The maximum absolute atomic E-state index is 10.4. The summed E-state index contributed by atoms with van der Waals surface area (Å²) in [7, 11) is 0. The molecule has 1 fully saturated rings. The molecule has 1 aliphatic rings. The van der Waals surface area contributed by atoms with Crippen LogP contribution >= 0.6 is 23.2 Å². The van der Waals surface area contributed by atoms with Crippen molar-refractivity contribution in [2.45, 2.75) is 31.9 Å². The minimum Gasteiger partial charge on any atom is -0.387 e. The highest BCUT2D eigenvalue weighted by Gasteiger charge is 2.28. The van der Waals surface area contributed by atoms with Gasteiger partial charge in [0.15, 0.2) is 0 Å². The van der Waals surface area contributed by atoms with E-state index in [1.54, 1.807) is 6.07 Å². The lowest BCUT2D eigenvalue weighted by molar-refractivity contribution is 0.0169. The van der Waals surface area contributed by atoms with E-state index in [9.17, 15) is 5.11 Å². The van der Waals surface area contributed by atoms with E-state index in [0.29, 0.717) is 29.7 Å². The van der Waals surface area contributed by atoms with Crippen LogP contribution in [0.3, 0.4) is 0 Å². The number of β-amino-alcohol motifs (C(OH)–C–C–N with tert-alkyl or cyclic N) is 1. The van der Waals surface area contributed by atoms with Crippen LogP contribution in [-0.2, 0) is 6.54 Å². The zero-order valence-electron chi connectivity index (χ0n) is 11.1. The maximum atomic E-state index is 10.4. The SMILES string of the molecule is Cc1cc(Cl)cc(Cl)c1CNCC1(O)CCCNC1. The summed E-state index contributed by atoms with van der Waals surface area (Å²) in [4.78, 5) is 0. The molecule has 1 aromatic rings. The monoisotopic (exact) mass is 302 g/mol. The van der Waals surface area contributed by atoms with Crippen LogP contribution in [0.5, 0.6) is 0 Å². The van der Waals surface area contributed by atoms with Gasteiger partial charge in [0.2, 0.25) is 0 Å². The van der Waals surface area contributed by atoms with Crippen LogP contribution in [0, 0.1) is 6.92 Å². The van der Waals surface area contributed by atoms with Crippen LogP contribution in [-0.4, -0.2) is 30.3 Å². The molecule has 2 rings (SSSR count). The quantitative estimate of drug-likeness (QED) is 0.801. The highest BCUT2D eigenvalue weighted by molar-refractivity contribution is 6.35. The third-order valence-electron chi connectivity index (χ3n) is 3.59. The van der Waals surface area contributed by atoms with Gasteiger partial charge in [0.25, 0.3) is 0 Å². The van der Waals surface area contributed by atoms with Crippen molar-refractivity contribution in [2.75, 3.05) is 19.6 Å². The number of hydrogen-bond donors (Lipinski definition) is 3. The van der Waals surface area contributed by atoms with Crippen molar-refractivity contribution < 1.29 is 5.11 Å². The Morgan fingerprint density at radius 3 is 2.84 bits per heavy atom. The lowest BCUT2D eigenvalue weighted by Gasteiger charge is -2.33. The van der Waals surface area contributed by atoms with Gasteiger partial charge < -0.3 is 15.7 Å². The summed E-state index contributed by atoms with van der Waals surface area (Å²) in [6.45, 7) is 4.84. The largest absolute Gasteiger partial charge is 0.387 e. The van der Waals surface area contributed by atoms with Crippen molar-refractivity contribution in [3.63, 3.8) is 0 Å². The van der Waals surface area contributed by atoms with Gasteiger partial charge in [-0.1, -0.05) is 23.2 Å². The number of hydrogen-bond acceptors (Lipinski definition) is 3. The number of aryl methyl sites for hydroxylation is 1. The molecule has 0 saturated carbocycles. The molecule has 1 saturated heterocycles. The van der Waals surface area contributed by atoms with Crippen LogP contribution in [0.25, 0.3) is 0 Å². The van der Waals surface area contributed by atoms with E-state index in [-0.39, 0.29) is 0 Å². The van der Waals surface area contributed by atoms with Gasteiger partial charge in [-0.3, -0.25) is 0 Å². The molecular weight excluding hydrogens is 283 g/mol. The van der Waals surface area contributed by atoms with E-state index in [4.69, 9.17) is 23.2 Å². The van der Waals surface area contributed by atoms with Crippen molar-refractivity contribution in [1.82, 2.24) is 10.6 Å². The summed E-state index contributed by atoms with van der Waals surface area (Å²) < 4.78 is 0. The normalized spacial score (nSPS) is 23.6. The zero-order chi connectivity index (χ0) is 13.9. The Morgan fingerprint density at radius 2 is 2.21 bits per heavy atom. The molecule has 0 amide bonds. The van der Waals surface area contributed by atoms with E-state index < -0.39 is 5.60 Å². The van der Waals surface area contributed by atoms with Crippen molar-refractivity contribution >= 4 is 23.2 Å². The Bertz CT molecular complexity index is 422. The number of nitrogens with one attached hydrogen (secondary N) is 2. The molecular formula is C14H20Cl2N2O. The molecule has 19 heavy (non-hydrogen) atoms. The second-order valence-corrected chi connectivity index (χ2v) is 6.13. The third kappa shape index (κ3) is 4.07. The molecule has 0 spiro atoms. The van der Waals surface area contributed by atoms with Gasteiger partial charge in [-0.15, -0.1) is 0 Å². The van der Waals surface area contributed by atoms with Crippen LogP contribution in [0.1, 0.15) is 24.0 Å². The fourth-order valence-electron chi connectivity index (χ4n) is 2.48. The van der Waals surface area contributed by atoms with Crippen molar-refractivity contribution in [3.05, 3.63) is 33.3 Å². The summed E-state index contributed by atoms with van der Waals surface area (Å²) in [5.74, 6) is 0. The van der Waals surface area contributed by atoms with Crippen molar-refractivity contribution in [3.8, 4) is 0 Å². The molecule has 0 aromatic heterocycles. The fraction of sp³-hybridized carbons (Fsp3) is 0.571. The molecule has 1 heterocycles. The minimum absolute atomic E-state index is 0.568. The van der Waals surface area contributed by atoms with Crippen molar-refractivity contribution in [2.24, 2.45) is 0 Å². The van der Waals surface area contributed by atoms with E-state index in [0.717, 1.165) is 30.5 Å². The summed E-state index contributed by atoms with van der Waals surface area (Å²) in [5.41, 5.74) is 1.46. The summed E-state index contributed by atoms with van der Waals surface area (Å²) in [6.07, 6.45) is 1.85. The van der Waals surface area contributed by atoms with E-state index in [1.807, 2.05) is 13.0 Å². The molecule has 0 bridgehead atoms. The van der Waals surface area contributed by atoms with Gasteiger partial charge in [-0.05, 0) is 49.6 Å². The molecule has 5 heteroatoms. The van der Waals surface area contributed by atoms with Gasteiger partial charge in [0, 0.05) is 29.7 Å². The van der Waals surface area contributed by atoms with E-state index >= 15 is 0 Å². The second kappa shape index (κ2) is 6.42. The number of benzene rings is 1. The summed E-state index contributed by atoms with van der Waals surface area (Å²) in [5, 5.41) is 18.2. The number of rotatable bonds is 4. The molecule has 1 aromatic carbocycles. The minimum atomic E-state index is -0.648. The average Bonchev–Trinajstić information content (AvgIpc) is 2.33. The van der Waals surface area contributed by atoms with Crippen LogP contribution < -0.4 is 10.6 Å². The number of piperidine rings is 1. The number of aliphatic hydroxyl groups is 1. The highest BCUT2D eigenvalue weighted by Crippen LogP contribution is 2.25. The number of halogens is 2. The lowest BCUT2D eigenvalue weighted by atomic mass is 9.94. The Morgan fingerprint density at radius 1 is 1.42 bits per heavy atom. The predicted octanol–water partition coefficient (Wildman–Crippen LogP) is 2.51. The van der Waals surface area contributed by atoms with Crippen LogP contribution in [0.15, 0.2) is 12.1 Å². The van der Waals surface area contributed by atoms with Gasteiger partial charge in [0.1, 0.15) is 0 Å². The van der Waals surface area contributed by atoms with Gasteiger partial charge >= 0.3 is 0 Å². The first-order valence-electron chi connectivity index (χ1n) is 6.58. The Labute approximate surface area is 124 Å². The molecule has 3 nitrogen and oxygen atoms in total. The first-order chi connectivity index (χ1) is 9.00. The zero-order valence-corrected chi connectivity index (χ0v) is 12.6. The summed E-state index contributed by atoms with van der Waals surface area (Å²) >= 11 is 12.1. The molecule has 1 aliphatic heterocycles. The highest BCUT2D eigenvalue weighted by atomic mass is 35.5. The molecule has 106 valence electrons. The maximum Gasteiger partial charge on any atom is 0.0895 e. The second-order valence-electron chi connectivity index (χ2n) is 5.29. The Kier molecular flexibility index (Phi) is 5.09. The predicted molar refractivity (Wildman–Crippen MR) is 80.0 cm³/mol. The Balaban J connectivity index is 1.92. The molecule has 0 radical (unpaired) electrons. The van der Waals surface area contributed by atoms with E-state index in [2.05, 4.69) is 10.6 Å². The first kappa shape index (κ1) is 15.1. The fourth-order valence-corrected chi connectivity index (χ4v) is 3.14. The van der Waals surface area contributed by atoms with Gasteiger partial charge in [0.05, 0.1) is 5.60 Å². The average molecular weight is 303 g/mol. The molecule has 3 N–H and O–H groups in total. The van der Waals surface area contributed by atoms with Gasteiger partial charge in [-0.25, -0.2) is 0 Å². The lowest BCUT2D eigenvalue weighted by Crippen LogP contribution is -2.51. The van der Waals surface area contributed by atoms with Gasteiger partial charge in [-0.2, -0.15) is 0 Å². The Hall–Kier alpha value is -0.320. The standard InChI is InChI=1S/C14H20Cl2N2O/c1-10-5-11(15)6-13(16)12(10)7-18-9-14(19)3-2-4-17-8-14/h5-6,17-19H,2-4,7-9H2,1H3. The smallest absolute Gasteiger partial charge is 0.0895 e. The van der Waals surface area contributed by atoms with Crippen LogP contribution in [0.2, 0.25) is 10.0 Å². The first-order valence-corrected chi connectivity index (χ1v) is 7.34.